The molecule has 0 spiro atoms. The van der Waals surface area contributed by atoms with Crippen molar-refractivity contribution in [2.45, 2.75) is 62.9 Å². The molecule has 22 heavy (non-hydrogen) atoms. The van der Waals surface area contributed by atoms with E-state index in [-0.39, 0.29) is 25.6 Å². The summed E-state index contributed by atoms with van der Waals surface area (Å²) in [5, 5.41) is 12.7. The Bertz CT molecular complexity index is 389. The normalized spacial score (nSPS) is 32.7. The number of hydrogen-bond acceptors (Lipinski definition) is 4. The van der Waals surface area contributed by atoms with E-state index in [9.17, 15) is 18.3 Å². The molecule has 0 aromatic carbocycles. The predicted molar refractivity (Wildman–Crippen MR) is 77.1 cm³/mol. The maximum atomic E-state index is 12.9. The number of nitrogens with zero attached hydrogens (tertiary/aromatic N) is 1. The molecule has 2 unspecified atom stereocenters. The number of likely N-dealkylation sites (N-methyl/N-ethyl adjacent to an activating group) is 1. The molecular formula is C15H25F3N2O2. The van der Waals surface area contributed by atoms with Crippen LogP contribution >= 0.6 is 0 Å². The van der Waals surface area contributed by atoms with Crippen molar-refractivity contribution in [3.05, 3.63) is 12.3 Å². The van der Waals surface area contributed by atoms with Crippen LogP contribution in [0.15, 0.2) is 12.3 Å². The monoisotopic (exact) mass is 322 g/mol. The summed E-state index contributed by atoms with van der Waals surface area (Å²) in [6, 6.07) is -0.0466. The molecular weight excluding hydrogens is 297 g/mol. The summed E-state index contributed by atoms with van der Waals surface area (Å²) >= 11 is 0. The summed E-state index contributed by atoms with van der Waals surface area (Å²) < 4.78 is 44.1. The first kappa shape index (κ1) is 17.6. The number of nitrogens with one attached hydrogen (secondary N) is 1. The Hall–Kier alpha value is -0.790. The highest BCUT2D eigenvalue weighted by molar-refractivity contribution is 4.97. The van der Waals surface area contributed by atoms with Gasteiger partial charge in [0.1, 0.15) is 0 Å². The molecule has 0 bridgehead atoms. The van der Waals surface area contributed by atoms with Gasteiger partial charge >= 0.3 is 6.18 Å². The van der Waals surface area contributed by atoms with E-state index in [1.807, 2.05) is 6.20 Å². The van der Waals surface area contributed by atoms with E-state index in [1.165, 1.54) is 0 Å². The smallest absolute Gasteiger partial charge is 0.380 e. The number of rotatable bonds is 6. The van der Waals surface area contributed by atoms with Gasteiger partial charge in [0.25, 0.3) is 0 Å². The number of halogens is 3. The fourth-order valence-corrected chi connectivity index (χ4v) is 3.19. The van der Waals surface area contributed by atoms with Crippen LogP contribution in [0.4, 0.5) is 13.2 Å². The fraction of sp³-hybridized carbons (Fsp3) is 0.867. The molecule has 2 aliphatic rings. The zero-order valence-electron chi connectivity index (χ0n) is 12.9. The SMILES string of the molecule is CCN1C=CC[C@H]1COCNC1CCCC(O)(C(F)(F)F)C1. The highest BCUT2D eigenvalue weighted by atomic mass is 19.4. The van der Waals surface area contributed by atoms with Crippen molar-refractivity contribution in [1.29, 1.82) is 0 Å². The third-order valence-corrected chi connectivity index (χ3v) is 4.58. The molecule has 0 radical (unpaired) electrons. The van der Waals surface area contributed by atoms with Gasteiger partial charge in [0.15, 0.2) is 5.60 Å². The highest BCUT2D eigenvalue weighted by Gasteiger charge is 2.55. The Morgan fingerprint density at radius 1 is 1.45 bits per heavy atom. The number of hydrogen-bond donors (Lipinski definition) is 2. The van der Waals surface area contributed by atoms with Crippen molar-refractivity contribution in [3.8, 4) is 0 Å². The average Bonchev–Trinajstić information content (AvgIpc) is 2.90. The summed E-state index contributed by atoms with van der Waals surface area (Å²) in [7, 11) is 0. The van der Waals surface area contributed by atoms with Gasteiger partial charge in [-0.3, -0.25) is 5.32 Å². The van der Waals surface area contributed by atoms with Crippen LogP contribution in [0.25, 0.3) is 0 Å². The van der Waals surface area contributed by atoms with Crippen LogP contribution in [-0.2, 0) is 4.74 Å². The zero-order valence-corrected chi connectivity index (χ0v) is 12.9. The molecule has 1 aliphatic heterocycles. The molecule has 0 aromatic rings. The molecule has 0 aromatic heterocycles. The zero-order chi connectivity index (χ0) is 16.2. The fourth-order valence-electron chi connectivity index (χ4n) is 3.19. The van der Waals surface area contributed by atoms with Gasteiger partial charge in [0.05, 0.1) is 19.4 Å². The van der Waals surface area contributed by atoms with Gasteiger partial charge < -0.3 is 14.7 Å². The minimum absolute atomic E-state index is 0.214. The van der Waals surface area contributed by atoms with Crippen LogP contribution in [0.5, 0.6) is 0 Å². The maximum absolute atomic E-state index is 12.9. The summed E-state index contributed by atoms with van der Waals surface area (Å²) in [4.78, 5) is 2.18. The third-order valence-electron chi connectivity index (χ3n) is 4.58. The van der Waals surface area contributed by atoms with Crippen molar-refractivity contribution in [2.24, 2.45) is 0 Å². The van der Waals surface area contributed by atoms with Crippen LogP contribution in [-0.4, -0.2) is 53.7 Å². The van der Waals surface area contributed by atoms with E-state index in [2.05, 4.69) is 23.2 Å². The topological polar surface area (TPSA) is 44.7 Å². The van der Waals surface area contributed by atoms with Crippen molar-refractivity contribution in [2.75, 3.05) is 19.9 Å². The largest absolute Gasteiger partial charge is 0.417 e. The lowest BCUT2D eigenvalue weighted by atomic mass is 9.81. The van der Waals surface area contributed by atoms with Gasteiger partial charge in [0.2, 0.25) is 0 Å². The van der Waals surface area contributed by atoms with Gasteiger partial charge in [-0.1, -0.05) is 6.08 Å². The van der Waals surface area contributed by atoms with E-state index in [0.717, 1.165) is 13.0 Å². The summed E-state index contributed by atoms with van der Waals surface area (Å²) in [6.07, 6.45) is 0.996. The summed E-state index contributed by atoms with van der Waals surface area (Å²) in [6.45, 7) is 3.75. The molecule has 2 N–H and O–H groups in total. The van der Waals surface area contributed by atoms with Crippen molar-refractivity contribution in [1.82, 2.24) is 10.2 Å². The van der Waals surface area contributed by atoms with Crippen LogP contribution in [0.3, 0.4) is 0 Å². The average molecular weight is 322 g/mol. The molecule has 1 heterocycles. The Morgan fingerprint density at radius 2 is 2.23 bits per heavy atom. The van der Waals surface area contributed by atoms with Crippen molar-refractivity contribution >= 4 is 0 Å². The second-order valence-electron chi connectivity index (χ2n) is 6.15. The number of aliphatic hydroxyl groups is 1. The molecule has 7 heteroatoms. The highest BCUT2D eigenvalue weighted by Crippen LogP contribution is 2.41. The van der Waals surface area contributed by atoms with Crippen LogP contribution in [0.2, 0.25) is 0 Å². The predicted octanol–water partition coefficient (Wildman–Crippen LogP) is 2.39. The molecule has 1 fully saturated rings. The molecule has 1 aliphatic carbocycles. The van der Waals surface area contributed by atoms with Gasteiger partial charge in [-0.05, 0) is 38.8 Å². The van der Waals surface area contributed by atoms with Gasteiger partial charge in [-0.15, -0.1) is 0 Å². The number of ether oxygens (including phenoxy) is 1. The Morgan fingerprint density at radius 3 is 2.91 bits per heavy atom. The van der Waals surface area contributed by atoms with Crippen molar-refractivity contribution < 1.29 is 23.0 Å². The van der Waals surface area contributed by atoms with Gasteiger partial charge in [-0.2, -0.15) is 13.2 Å². The van der Waals surface area contributed by atoms with E-state index >= 15 is 0 Å². The molecule has 3 atom stereocenters. The first-order chi connectivity index (χ1) is 10.4. The second-order valence-corrected chi connectivity index (χ2v) is 6.15. The summed E-state index contributed by atoms with van der Waals surface area (Å²) in [5.74, 6) is 0. The Labute approximate surface area is 129 Å². The second kappa shape index (κ2) is 7.19. The van der Waals surface area contributed by atoms with Crippen LogP contribution in [0.1, 0.15) is 39.0 Å². The lowest BCUT2D eigenvalue weighted by Crippen LogP contribution is -2.53. The minimum atomic E-state index is -4.56. The van der Waals surface area contributed by atoms with Crippen LogP contribution in [0, 0.1) is 0 Å². The Balaban J connectivity index is 1.69. The molecule has 1 saturated carbocycles. The molecule has 0 amide bonds. The molecule has 128 valence electrons. The lowest BCUT2D eigenvalue weighted by Gasteiger charge is -2.38. The standard InChI is InChI=1S/C15H25F3N2O2/c1-2-20-8-4-6-13(20)10-22-11-19-12-5-3-7-14(21,9-12)15(16,17)18/h4,8,12-13,19,21H,2-3,5-7,9-11H2,1H3/t12?,13-,14?/m0/s1. The first-order valence-electron chi connectivity index (χ1n) is 7.88. The van der Waals surface area contributed by atoms with Crippen LogP contribution < -0.4 is 5.32 Å². The van der Waals surface area contributed by atoms with Crippen molar-refractivity contribution in [3.63, 3.8) is 0 Å². The molecule has 4 nitrogen and oxygen atoms in total. The van der Waals surface area contributed by atoms with Gasteiger partial charge in [-0.25, -0.2) is 0 Å². The summed E-state index contributed by atoms with van der Waals surface area (Å²) in [5.41, 5.74) is -2.56. The minimum Gasteiger partial charge on any atom is -0.380 e. The molecule has 0 saturated heterocycles. The lowest BCUT2D eigenvalue weighted by molar-refractivity contribution is -0.272. The number of alkyl halides is 3. The van der Waals surface area contributed by atoms with Gasteiger partial charge in [0, 0.05) is 19.0 Å². The van der Waals surface area contributed by atoms with E-state index in [0.29, 0.717) is 25.5 Å². The van der Waals surface area contributed by atoms with E-state index in [1.54, 1.807) is 0 Å². The van der Waals surface area contributed by atoms with E-state index in [4.69, 9.17) is 4.74 Å². The third kappa shape index (κ3) is 4.14. The molecule has 2 rings (SSSR count). The Kier molecular flexibility index (Phi) is 5.74. The first-order valence-corrected chi connectivity index (χ1v) is 7.88. The quantitative estimate of drug-likeness (QED) is 0.582. The maximum Gasteiger partial charge on any atom is 0.417 e. The van der Waals surface area contributed by atoms with E-state index < -0.39 is 11.8 Å².